The predicted octanol–water partition coefficient (Wildman–Crippen LogP) is 3.08. The fourth-order valence-electron chi connectivity index (χ4n) is 1.78. The normalized spacial score (nSPS) is 12.7. The van der Waals surface area contributed by atoms with Crippen molar-refractivity contribution in [3.63, 3.8) is 0 Å². The monoisotopic (exact) mass is 319 g/mol. The molecule has 1 atom stereocenters. The van der Waals surface area contributed by atoms with Gasteiger partial charge < -0.3 is 14.0 Å². The largest absolute Gasteiger partial charge is 0.477 e. The smallest absolute Gasteiger partial charge is 0.344 e. The second-order valence-corrected chi connectivity index (χ2v) is 6.04. The Morgan fingerprint density at radius 1 is 1.39 bits per heavy atom. The van der Waals surface area contributed by atoms with Gasteiger partial charge >= 0.3 is 5.97 Å². The summed E-state index contributed by atoms with van der Waals surface area (Å²) in [5.41, 5.74) is 0.0218. The van der Waals surface area contributed by atoms with Crippen LogP contribution >= 0.6 is 0 Å². The van der Waals surface area contributed by atoms with Crippen molar-refractivity contribution in [3.05, 3.63) is 35.6 Å². The maximum absolute atomic E-state index is 12.3. The van der Waals surface area contributed by atoms with Crippen LogP contribution in [0.4, 0.5) is 0 Å². The van der Waals surface area contributed by atoms with Gasteiger partial charge in [0.1, 0.15) is 5.56 Å². The fraction of sp³-hybridized carbons (Fsp3) is 0.500. The van der Waals surface area contributed by atoms with E-state index in [1.807, 2.05) is 27.7 Å². The Bertz CT molecular complexity index is 676. The molecule has 0 fully saturated rings. The minimum Gasteiger partial charge on any atom is -0.477 e. The first-order valence-electron chi connectivity index (χ1n) is 7.45. The van der Waals surface area contributed by atoms with E-state index < -0.39 is 12.1 Å². The first-order chi connectivity index (χ1) is 10.8. The highest BCUT2D eigenvalue weighted by atomic mass is 16.6. The van der Waals surface area contributed by atoms with Gasteiger partial charge in [-0.15, -0.1) is 0 Å². The molecule has 0 amide bonds. The van der Waals surface area contributed by atoms with Crippen LogP contribution in [0.2, 0.25) is 0 Å². The zero-order valence-electron chi connectivity index (χ0n) is 14.0. The molecule has 0 aliphatic heterocycles. The van der Waals surface area contributed by atoms with Crippen molar-refractivity contribution < 1.29 is 18.8 Å². The lowest BCUT2D eigenvalue weighted by molar-refractivity contribution is 0.0260. The number of esters is 1. The molecule has 0 aliphatic rings. The standard InChI is InChI=1S/C16H21N3O4/c1-6-21-13-11(8-7-9-17-13)14(20)22-10(2)12-18-15(19-23-12)16(3,4)5/h7-10H,6H2,1-5H3. The maximum Gasteiger partial charge on any atom is 0.344 e. The fourth-order valence-corrected chi connectivity index (χ4v) is 1.78. The Kier molecular flexibility index (Phi) is 4.98. The van der Waals surface area contributed by atoms with E-state index in [2.05, 4.69) is 15.1 Å². The van der Waals surface area contributed by atoms with E-state index in [4.69, 9.17) is 14.0 Å². The van der Waals surface area contributed by atoms with E-state index in [9.17, 15) is 4.79 Å². The van der Waals surface area contributed by atoms with Gasteiger partial charge in [0, 0.05) is 11.6 Å². The van der Waals surface area contributed by atoms with Crippen molar-refractivity contribution in [1.82, 2.24) is 15.1 Å². The summed E-state index contributed by atoms with van der Waals surface area (Å²) in [7, 11) is 0. The second kappa shape index (κ2) is 6.76. The second-order valence-electron chi connectivity index (χ2n) is 6.04. The number of pyridine rings is 1. The third-order valence-corrected chi connectivity index (χ3v) is 3.02. The Labute approximate surface area is 135 Å². The molecule has 1 unspecified atom stereocenters. The van der Waals surface area contributed by atoms with Crippen LogP contribution in [-0.2, 0) is 10.2 Å². The highest BCUT2D eigenvalue weighted by Crippen LogP contribution is 2.24. The molecule has 2 rings (SSSR count). The lowest BCUT2D eigenvalue weighted by Crippen LogP contribution is -2.14. The third-order valence-electron chi connectivity index (χ3n) is 3.02. The molecule has 0 aliphatic carbocycles. The van der Waals surface area contributed by atoms with Crippen LogP contribution < -0.4 is 4.74 Å². The maximum atomic E-state index is 12.3. The molecule has 124 valence electrons. The Balaban J connectivity index is 2.12. The minimum atomic E-state index is -0.666. The van der Waals surface area contributed by atoms with Crippen molar-refractivity contribution in [3.8, 4) is 5.88 Å². The van der Waals surface area contributed by atoms with Gasteiger partial charge in [-0.05, 0) is 26.0 Å². The van der Waals surface area contributed by atoms with Gasteiger partial charge in [-0.2, -0.15) is 4.98 Å². The topological polar surface area (TPSA) is 87.3 Å². The van der Waals surface area contributed by atoms with E-state index >= 15 is 0 Å². The molecule has 0 spiro atoms. The summed E-state index contributed by atoms with van der Waals surface area (Å²) < 4.78 is 15.9. The molecule has 2 aromatic rings. The average Bonchev–Trinajstić information content (AvgIpc) is 2.98. The minimum absolute atomic E-state index is 0.239. The van der Waals surface area contributed by atoms with E-state index in [1.165, 1.54) is 0 Å². The number of carbonyl (C=O) groups is 1. The van der Waals surface area contributed by atoms with Gasteiger partial charge in [0.25, 0.3) is 5.89 Å². The molecule has 0 bridgehead atoms. The van der Waals surface area contributed by atoms with Crippen molar-refractivity contribution in [2.24, 2.45) is 0 Å². The SMILES string of the molecule is CCOc1ncccc1C(=O)OC(C)c1nc(C(C)(C)C)no1. The van der Waals surface area contributed by atoms with Crippen molar-refractivity contribution in [2.45, 2.75) is 46.1 Å². The van der Waals surface area contributed by atoms with E-state index in [1.54, 1.807) is 25.3 Å². The highest BCUT2D eigenvalue weighted by molar-refractivity contribution is 5.91. The van der Waals surface area contributed by atoms with Crippen LogP contribution in [0.1, 0.15) is 62.8 Å². The van der Waals surface area contributed by atoms with E-state index in [0.717, 1.165) is 0 Å². The molecule has 23 heavy (non-hydrogen) atoms. The molecule has 7 nitrogen and oxygen atoms in total. The number of aromatic nitrogens is 3. The van der Waals surface area contributed by atoms with Gasteiger partial charge in [0.2, 0.25) is 5.88 Å². The van der Waals surface area contributed by atoms with Crippen LogP contribution in [0.3, 0.4) is 0 Å². The van der Waals surface area contributed by atoms with Crippen LogP contribution in [-0.4, -0.2) is 27.7 Å². The van der Waals surface area contributed by atoms with E-state index in [-0.39, 0.29) is 22.7 Å². The summed E-state index contributed by atoms with van der Waals surface area (Å²) in [5.74, 6) is 0.509. The summed E-state index contributed by atoms with van der Waals surface area (Å²) in [6, 6.07) is 3.25. The first-order valence-corrected chi connectivity index (χ1v) is 7.45. The average molecular weight is 319 g/mol. The summed E-state index contributed by atoms with van der Waals surface area (Å²) in [6.45, 7) is 9.83. The van der Waals surface area contributed by atoms with Gasteiger partial charge in [-0.25, -0.2) is 9.78 Å². The van der Waals surface area contributed by atoms with Gasteiger partial charge in [0.05, 0.1) is 6.61 Å². The summed E-state index contributed by atoms with van der Waals surface area (Å²) in [5, 5.41) is 3.92. The lowest BCUT2D eigenvalue weighted by atomic mass is 9.96. The Hall–Kier alpha value is -2.44. The quantitative estimate of drug-likeness (QED) is 0.782. The zero-order valence-corrected chi connectivity index (χ0v) is 14.0. The van der Waals surface area contributed by atoms with Crippen molar-refractivity contribution in [1.29, 1.82) is 0 Å². The molecule has 7 heteroatoms. The summed E-state index contributed by atoms with van der Waals surface area (Å²) in [4.78, 5) is 20.6. The molecular weight excluding hydrogens is 298 g/mol. The zero-order chi connectivity index (χ0) is 17.0. The Morgan fingerprint density at radius 3 is 2.74 bits per heavy atom. The van der Waals surface area contributed by atoms with Crippen molar-refractivity contribution >= 4 is 5.97 Å². The lowest BCUT2D eigenvalue weighted by Gasteiger charge is -2.12. The molecule has 0 N–H and O–H groups in total. The third kappa shape index (κ3) is 4.06. The van der Waals surface area contributed by atoms with E-state index in [0.29, 0.717) is 12.4 Å². The number of nitrogens with zero attached hydrogens (tertiary/aromatic N) is 3. The molecule has 2 heterocycles. The van der Waals surface area contributed by atoms with Crippen molar-refractivity contribution in [2.75, 3.05) is 6.61 Å². The number of hydrogen-bond donors (Lipinski definition) is 0. The molecule has 0 saturated carbocycles. The number of ether oxygens (including phenoxy) is 2. The van der Waals surface area contributed by atoms with Crippen LogP contribution in [0.25, 0.3) is 0 Å². The summed E-state index contributed by atoms with van der Waals surface area (Å²) in [6.07, 6.45) is 0.888. The molecule has 0 saturated heterocycles. The first kappa shape index (κ1) is 16.9. The number of rotatable bonds is 5. The van der Waals surface area contributed by atoms with Gasteiger partial charge in [0.15, 0.2) is 11.9 Å². The Morgan fingerprint density at radius 2 is 2.13 bits per heavy atom. The number of hydrogen-bond acceptors (Lipinski definition) is 7. The van der Waals surface area contributed by atoms with Crippen LogP contribution in [0, 0.1) is 0 Å². The predicted molar refractivity (Wildman–Crippen MR) is 82.2 cm³/mol. The summed E-state index contributed by atoms with van der Waals surface area (Å²) >= 11 is 0. The van der Waals surface area contributed by atoms with Gasteiger partial charge in [-0.3, -0.25) is 0 Å². The highest BCUT2D eigenvalue weighted by Gasteiger charge is 2.26. The van der Waals surface area contributed by atoms with Crippen LogP contribution in [0.15, 0.2) is 22.9 Å². The molecule has 0 aromatic carbocycles. The number of carbonyl (C=O) groups excluding carboxylic acids is 1. The molecule has 0 radical (unpaired) electrons. The molecule has 2 aromatic heterocycles. The van der Waals surface area contributed by atoms with Crippen LogP contribution in [0.5, 0.6) is 5.88 Å². The molecular formula is C16H21N3O4. The van der Waals surface area contributed by atoms with Gasteiger partial charge in [-0.1, -0.05) is 25.9 Å².